The topological polar surface area (TPSA) is 57.8 Å². The summed E-state index contributed by atoms with van der Waals surface area (Å²) in [5, 5.41) is 14.6. The Bertz CT molecular complexity index is 1380. The Morgan fingerprint density at radius 3 is 2.53 bits per heavy atom. The standard InChI is InChI=1S/C26H19Cl2N3O/c1-17-6-9-22(28)13-24(17)30-26(32)19(14-29)12-20-16-31(25-5-3-2-4-23(20)25)15-18-7-10-21(27)11-8-18/h2-13,16H,15H2,1H3,(H,30,32). The van der Waals surface area contributed by atoms with Crippen molar-refractivity contribution in [1.29, 1.82) is 5.26 Å². The number of anilines is 1. The highest BCUT2D eigenvalue weighted by Crippen LogP contribution is 2.26. The summed E-state index contributed by atoms with van der Waals surface area (Å²) in [4.78, 5) is 12.8. The number of para-hydroxylation sites is 1. The average molecular weight is 460 g/mol. The van der Waals surface area contributed by atoms with Crippen molar-refractivity contribution in [1.82, 2.24) is 4.57 Å². The first kappa shape index (κ1) is 21.7. The molecule has 1 amide bonds. The fourth-order valence-electron chi connectivity index (χ4n) is 3.53. The van der Waals surface area contributed by atoms with E-state index in [1.54, 1.807) is 18.2 Å². The molecule has 158 valence electrons. The first-order valence-electron chi connectivity index (χ1n) is 9.96. The van der Waals surface area contributed by atoms with Crippen molar-refractivity contribution < 1.29 is 4.79 Å². The van der Waals surface area contributed by atoms with Gasteiger partial charge in [0.25, 0.3) is 5.91 Å². The Hall–Kier alpha value is -3.52. The summed E-state index contributed by atoms with van der Waals surface area (Å²) in [6.45, 7) is 2.51. The number of carbonyl (C=O) groups is 1. The van der Waals surface area contributed by atoms with Gasteiger partial charge in [0, 0.05) is 44.9 Å². The van der Waals surface area contributed by atoms with Crippen LogP contribution in [-0.4, -0.2) is 10.5 Å². The zero-order valence-corrected chi connectivity index (χ0v) is 18.8. The van der Waals surface area contributed by atoms with Gasteiger partial charge >= 0.3 is 0 Å². The highest BCUT2D eigenvalue weighted by Gasteiger charge is 2.14. The van der Waals surface area contributed by atoms with E-state index >= 15 is 0 Å². The first-order valence-corrected chi connectivity index (χ1v) is 10.7. The molecule has 0 fully saturated rings. The summed E-state index contributed by atoms with van der Waals surface area (Å²) in [5.41, 5.74) is 4.36. The van der Waals surface area contributed by atoms with Crippen LogP contribution in [-0.2, 0) is 11.3 Å². The molecular formula is C26H19Cl2N3O. The van der Waals surface area contributed by atoms with Gasteiger partial charge in [0.1, 0.15) is 11.6 Å². The van der Waals surface area contributed by atoms with Crippen LogP contribution in [0.2, 0.25) is 10.0 Å². The third-order valence-corrected chi connectivity index (χ3v) is 5.69. The lowest BCUT2D eigenvalue weighted by atomic mass is 10.1. The van der Waals surface area contributed by atoms with Crippen molar-refractivity contribution in [2.24, 2.45) is 0 Å². The van der Waals surface area contributed by atoms with Gasteiger partial charge < -0.3 is 9.88 Å². The maximum atomic E-state index is 12.8. The summed E-state index contributed by atoms with van der Waals surface area (Å²) in [5.74, 6) is -0.479. The van der Waals surface area contributed by atoms with Gasteiger partial charge in [0.2, 0.25) is 0 Å². The van der Waals surface area contributed by atoms with E-state index in [1.165, 1.54) is 0 Å². The van der Waals surface area contributed by atoms with Crippen LogP contribution in [0.3, 0.4) is 0 Å². The molecule has 0 aliphatic heterocycles. The number of hydrogen-bond donors (Lipinski definition) is 1. The molecule has 4 aromatic rings. The minimum Gasteiger partial charge on any atom is -0.342 e. The molecule has 0 spiro atoms. The molecule has 0 saturated heterocycles. The van der Waals surface area contributed by atoms with Crippen LogP contribution in [0.1, 0.15) is 16.7 Å². The monoisotopic (exact) mass is 459 g/mol. The van der Waals surface area contributed by atoms with Crippen LogP contribution in [0, 0.1) is 18.3 Å². The summed E-state index contributed by atoms with van der Waals surface area (Å²) >= 11 is 12.0. The van der Waals surface area contributed by atoms with Gasteiger partial charge in [0.05, 0.1) is 0 Å². The van der Waals surface area contributed by atoms with Crippen molar-refractivity contribution in [2.45, 2.75) is 13.5 Å². The average Bonchev–Trinajstić information content (AvgIpc) is 3.13. The molecule has 0 saturated carbocycles. The Morgan fingerprint density at radius 1 is 1.06 bits per heavy atom. The van der Waals surface area contributed by atoms with E-state index in [2.05, 4.69) is 9.88 Å². The van der Waals surface area contributed by atoms with Gasteiger partial charge in [-0.05, 0) is 54.5 Å². The Kier molecular flexibility index (Phi) is 6.32. The van der Waals surface area contributed by atoms with Crippen molar-refractivity contribution in [3.63, 3.8) is 0 Å². The van der Waals surface area contributed by atoms with Gasteiger partial charge in [-0.2, -0.15) is 5.26 Å². The van der Waals surface area contributed by atoms with Crippen LogP contribution in [0.5, 0.6) is 0 Å². The van der Waals surface area contributed by atoms with Crippen molar-refractivity contribution in [3.8, 4) is 6.07 Å². The number of nitrogens with one attached hydrogen (secondary N) is 1. The summed E-state index contributed by atoms with van der Waals surface area (Å²) in [6, 6.07) is 22.8. The molecule has 0 atom stereocenters. The molecule has 3 aromatic carbocycles. The molecular weight excluding hydrogens is 441 g/mol. The Morgan fingerprint density at radius 2 is 1.78 bits per heavy atom. The predicted octanol–water partition coefficient (Wildman–Crippen LogP) is 6.85. The number of benzene rings is 3. The van der Waals surface area contributed by atoms with E-state index in [9.17, 15) is 10.1 Å². The van der Waals surface area contributed by atoms with Crippen LogP contribution < -0.4 is 5.32 Å². The van der Waals surface area contributed by atoms with Gasteiger partial charge in [0.15, 0.2) is 0 Å². The largest absolute Gasteiger partial charge is 0.342 e. The van der Waals surface area contributed by atoms with Crippen molar-refractivity contribution in [3.05, 3.63) is 105 Å². The molecule has 0 aliphatic carbocycles. The smallest absolute Gasteiger partial charge is 0.266 e. The molecule has 1 N–H and O–H groups in total. The lowest BCUT2D eigenvalue weighted by molar-refractivity contribution is -0.112. The summed E-state index contributed by atoms with van der Waals surface area (Å²) < 4.78 is 2.10. The SMILES string of the molecule is Cc1ccc(Cl)cc1NC(=O)C(C#N)=Cc1cn(Cc2ccc(Cl)cc2)c2ccccc12. The number of nitrogens with zero attached hydrogens (tertiary/aromatic N) is 2. The number of aryl methyl sites for hydroxylation is 1. The molecule has 1 aromatic heterocycles. The van der Waals surface area contributed by atoms with Crippen LogP contribution in [0.25, 0.3) is 17.0 Å². The number of nitriles is 1. The molecule has 0 unspecified atom stereocenters. The molecule has 1 heterocycles. The molecule has 4 rings (SSSR count). The van der Waals surface area contributed by atoms with Crippen molar-refractivity contribution in [2.75, 3.05) is 5.32 Å². The lowest BCUT2D eigenvalue weighted by Crippen LogP contribution is -2.14. The fraction of sp³-hybridized carbons (Fsp3) is 0.0769. The number of aromatic nitrogens is 1. The minimum atomic E-state index is -0.479. The van der Waals surface area contributed by atoms with Gasteiger partial charge in [-0.15, -0.1) is 0 Å². The number of hydrogen-bond acceptors (Lipinski definition) is 2. The molecule has 6 heteroatoms. The second kappa shape index (κ2) is 9.32. The van der Waals surface area contributed by atoms with E-state index in [0.29, 0.717) is 22.3 Å². The minimum absolute atomic E-state index is 0.0128. The zero-order valence-electron chi connectivity index (χ0n) is 17.3. The molecule has 0 aliphatic rings. The van der Waals surface area contributed by atoms with Crippen LogP contribution >= 0.6 is 23.2 Å². The second-order valence-corrected chi connectivity index (χ2v) is 8.31. The fourth-order valence-corrected chi connectivity index (χ4v) is 3.83. The predicted molar refractivity (Wildman–Crippen MR) is 131 cm³/mol. The van der Waals surface area contributed by atoms with E-state index in [-0.39, 0.29) is 5.57 Å². The molecule has 0 bridgehead atoms. The van der Waals surface area contributed by atoms with E-state index in [1.807, 2.05) is 73.8 Å². The zero-order chi connectivity index (χ0) is 22.7. The number of fused-ring (bicyclic) bond motifs is 1. The quantitative estimate of drug-likeness (QED) is 0.262. The molecule has 0 radical (unpaired) electrons. The summed E-state index contributed by atoms with van der Waals surface area (Å²) in [7, 11) is 0. The third-order valence-electron chi connectivity index (χ3n) is 5.20. The van der Waals surface area contributed by atoms with E-state index in [0.717, 1.165) is 27.6 Å². The van der Waals surface area contributed by atoms with Crippen LogP contribution in [0.4, 0.5) is 5.69 Å². The van der Waals surface area contributed by atoms with Crippen molar-refractivity contribution >= 4 is 51.8 Å². The van der Waals surface area contributed by atoms with E-state index < -0.39 is 5.91 Å². The maximum Gasteiger partial charge on any atom is 0.266 e. The normalized spacial score (nSPS) is 11.4. The molecule has 32 heavy (non-hydrogen) atoms. The third kappa shape index (κ3) is 4.70. The summed E-state index contributed by atoms with van der Waals surface area (Å²) in [6.07, 6.45) is 3.57. The molecule has 4 nitrogen and oxygen atoms in total. The second-order valence-electron chi connectivity index (χ2n) is 7.44. The van der Waals surface area contributed by atoms with Gasteiger partial charge in [-0.25, -0.2) is 0 Å². The number of rotatable bonds is 5. The number of carbonyl (C=O) groups excluding carboxylic acids is 1. The van der Waals surface area contributed by atoms with Gasteiger partial charge in [-0.3, -0.25) is 4.79 Å². The first-order chi connectivity index (χ1) is 15.4. The Labute approximate surface area is 196 Å². The number of amides is 1. The Balaban J connectivity index is 1.68. The highest BCUT2D eigenvalue weighted by molar-refractivity contribution is 6.31. The lowest BCUT2D eigenvalue weighted by Gasteiger charge is -2.08. The van der Waals surface area contributed by atoms with E-state index in [4.69, 9.17) is 23.2 Å². The number of halogens is 2. The van der Waals surface area contributed by atoms with Gasteiger partial charge in [-0.1, -0.05) is 59.6 Å². The van der Waals surface area contributed by atoms with Crippen LogP contribution in [0.15, 0.2) is 78.5 Å². The maximum absolute atomic E-state index is 12.8. The highest BCUT2D eigenvalue weighted by atomic mass is 35.5.